The van der Waals surface area contributed by atoms with Crippen LogP contribution in [0.15, 0.2) is 237 Å². The Hall–Kier alpha value is -9.78. The molecule has 5 heterocycles. The van der Waals surface area contributed by atoms with Crippen molar-refractivity contribution in [1.29, 1.82) is 0 Å². The van der Waals surface area contributed by atoms with Gasteiger partial charge in [0, 0.05) is 47.7 Å². The Labute approximate surface area is 718 Å². The van der Waals surface area contributed by atoms with Crippen LogP contribution >= 0.6 is 0 Å². The van der Waals surface area contributed by atoms with E-state index in [-0.39, 0.29) is 42.2 Å². The molecule has 5 aliphatic heterocycles. The Kier molecular flexibility index (Phi) is 29.8. The minimum absolute atomic E-state index is 0.122. The van der Waals surface area contributed by atoms with Gasteiger partial charge in [-0.1, -0.05) is 178 Å². The third-order valence-electron chi connectivity index (χ3n) is 22.5. The summed E-state index contributed by atoms with van der Waals surface area (Å²) in [6.45, 7) is 22.5. The summed E-state index contributed by atoms with van der Waals surface area (Å²) in [4.78, 5) is 13.4. The smallest absolute Gasteiger partial charge is 0.305 e. The lowest BCUT2D eigenvalue weighted by molar-refractivity contribution is -0.143. The van der Waals surface area contributed by atoms with Crippen LogP contribution in [0.5, 0.6) is 0 Å². The molecule has 644 valence electrons. The second kappa shape index (κ2) is 39.2. The summed E-state index contributed by atoms with van der Waals surface area (Å²) in [5, 5.41) is 17.4. The number of hydrogen-bond donors (Lipinski definition) is 5. The summed E-state index contributed by atoms with van der Waals surface area (Å²) in [7, 11) is -7.94. The molecule has 0 aliphatic carbocycles. The highest BCUT2D eigenvalue weighted by Crippen LogP contribution is 2.46. The van der Waals surface area contributed by atoms with Gasteiger partial charge in [-0.25, -0.2) is 42.1 Å². The van der Waals surface area contributed by atoms with Crippen LogP contribution in [0.2, 0.25) is 0 Å². The Bertz CT molecular complexity index is 6010. The van der Waals surface area contributed by atoms with Gasteiger partial charge >= 0.3 is 5.97 Å². The molecule has 5 aliphatic rings. The van der Waals surface area contributed by atoms with E-state index in [2.05, 4.69) is 54.3 Å². The highest BCUT2D eigenvalue weighted by molar-refractivity contribution is 7.94. The number of esters is 1. The Morgan fingerprint density at radius 3 is 0.860 bits per heavy atom. The number of ether oxygens (including phenoxy) is 1. The molecule has 0 aromatic heterocycles. The van der Waals surface area contributed by atoms with Crippen molar-refractivity contribution in [2.24, 2.45) is 0 Å². The lowest BCUT2D eigenvalue weighted by Gasteiger charge is -2.23. The maximum absolute atomic E-state index is 13.2. The number of hydrogen-bond acceptors (Lipinski definition) is 17. The van der Waals surface area contributed by atoms with Crippen molar-refractivity contribution in [3.8, 4) is 0 Å². The Morgan fingerprint density at radius 1 is 0.331 bits per heavy atom. The molecule has 15 rings (SSSR count). The van der Waals surface area contributed by atoms with Gasteiger partial charge in [0.05, 0.1) is 89.7 Å². The molecular formula is C94H116N10O12S5. The number of nitrogens with zero attached hydrogens (tertiary/aromatic N) is 5. The van der Waals surface area contributed by atoms with Crippen LogP contribution in [0.25, 0.3) is 0 Å². The molecular weight excluding hydrogens is 1620 g/mol. The molecule has 0 radical (unpaired) electrons. The predicted octanol–water partition coefficient (Wildman–Crippen LogP) is 16.4. The average Bonchev–Trinajstić information content (AvgIpc) is 1.61. The number of carbonyl (C=O) groups excluding carboxylic acids is 1. The SMILES string of the molecule is CCCCCNC1c2ccccc2N(C)S(=O)(=O)c2cc(C)ccc21.CCCNC1c2ccccc2N(C)S(=O)(=O)c2cc(C)ccc21.CCOC(=O)CCCCNC1c2ccccc2N(C)S(=O)(=O)c2cc(C)ccc21.CNC1c2ccccc2N(C)S(=O)(=O)c2cc(C)ccc21.Cc1ccc2c(c1)S(=O)(=O)N(C)c1ccccc1C2NC(C)C. The van der Waals surface area contributed by atoms with E-state index in [0.717, 1.165) is 146 Å². The zero-order valence-corrected chi connectivity index (χ0v) is 76.2. The van der Waals surface area contributed by atoms with Crippen LogP contribution in [0.3, 0.4) is 0 Å². The van der Waals surface area contributed by atoms with Gasteiger partial charge in [0.25, 0.3) is 50.1 Å². The van der Waals surface area contributed by atoms with Gasteiger partial charge in [0.2, 0.25) is 0 Å². The molecule has 0 saturated carbocycles. The maximum Gasteiger partial charge on any atom is 0.305 e. The fourth-order valence-corrected chi connectivity index (χ4v) is 23.8. The molecule has 27 heteroatoms. The third-order valence-corrected chi connectivity index (χ3v) is 31.6. The standard InChI is InChI=1S/C22H28N2O4S.C20H26N2O2S.2C18H22N2O2S.C16H18N2O2S/c1-4-28-21(25)11-7-8-14-23-22-17-9-5-6-10-19(17)24(3)29(26,27)20-15-16(2)12-13-18(20)22;1-4-5-8-13-21-20-16-9-6-7-10-18(16)22(3)25(23,24)19-14-15(2)11-12-17(19)20;1-12(2)19-18-14-7-5-6-8-16(14)20(4)23(21,22)17-11-13(3)9-10-15(17)18;1-4-11-19-18-14-7-5-6-8-16(14)20(3)23(21,22)17-12-13(2)9-10-15(17)18;1-11-8-9-13-15(10-11)21(19,20)18(3)14-7-5-4-6-12(14)16(13)17-2/h5-6,9-10,12-13,15,22-23H,4,7-8,11,14H2,1-3H3;6-7,9-12,14,20-21H,4-5,8,13H2,1-3H3;5-12,18-19H,1-4H3;5-10,12,18-19H,4,11H2,1-3H3;4-10,16-17H,1-3H3. The van der Waals surface area contributed by atoms with Gasteiger partial charge in [0.15, 0.2) is 0 Å². The van der Waals surface area contributed by atoms with E-state index in [1.54, 1.807) is 72.5 Å². The van der Waals surface area contributed by atoms with Gasteiger partial charge in [-0.15, -0.1) is 0 Å². The fourth-order valence-electron chi connectivity index (χ4n) is 16.1. The number of para-hydroxylation sites is 5. The number of unbranched alkanes of at least 4 members (excludes halogenated alkanes) is 3. The number of nitrogens with one attached hydrogen (secondary N) is 5. The van der Waals surface area contributed by atoms with Crippen LogP contribution in [-0.4, -0.2) is 123 Å². The fraction of sp³-hybridized carbons (Fsp3) is 0.351. The van der Waals surface area contributed by atoms with Gasteiger partial charge in [-0.2, -0.15) is 0 Å². The number of rotatable bonds is 18. The first-order valence-electron chi connectivity index (χ1n) is 41.3. The van der Waals surface area contributed by atoms with Crippen molar-refractivity contribution in [2.75, 3.05) is 90.1 Å². The van der Waals surface area contributed by atoms with Crippen molar-refractivity contribution >= 4 is 84.5 Å². The summed E-state index contributed by atoms with van der Waals surface area (Å²) >= 11 is 0. The second-order valence-electron chi connectivity index (χ2n) is 31.5. The lowest BCUT2D eigenvalue weighted by atomic mass is 9.95. The van der Waals surface area contributed by atoms with Crippen molar-refractivity contribution in [1.82, 2.24) is 26.6 Å². The molecule has 22 nitrogen and oxygen atoms in total. The quantitative estimate of drug-likeness (QED) is 0.0394. The molecule has 10 aromatic rings. The van der Waals surface area contributed by atoms with E-state index in [4.69, 9.17) is 4.74 Å². The summed E-state index contributed by atoms with van der Waals surface area (Å²) in [6.07, 6.45) is 6.31. The molecule has 5 N–H and O–H groups in total. The van der Waals surface area contributed by atoms with E-state index in [0.29, 0.717) is 55.4 Å². The Morgan fingerprint density at radius 2 is 0.587 bits per heavy atom. The average molecular weight is 1740 g/mol. The van der Waals surface area contributed by atoms with Crippen LogP contribution in [0.1, 0.15) is 193 Å². The molecule has 0 spiro atoms. The van der Waals surface area contributed by atoms with E-state index < -0.39 is 50.1 Å². The zero-order valence-electron chi connectivity index (χ0n) is 72.1. The minimum atomic E-state index is -3.65. The van der Waals surface area contributed by atoms with Crippen molar-refractivity contribution in [3.63, 3.8) is 0 Å². The highest BCUT2D eigenvalue weighted by Gasteiger charge is 2.41. The van der Waals surface area contributed by atoms with Crippen LogP contribution < -0.4 is 48.1 Å². The first-order chi connectivity index (χ1) is 57.6. The lowest BCUT2D eigenvalue weighted by Crippen LogP contribution is -2.29. The minimum Gasteiger partial charge on any atom is -0.466 e. The first kappa shape index (κ1) is 92.0. The van der Waals surface area contributed by atoms with Gasteiger partial charge in [0.1, 0.15) is 0 Å². The molecule has 10 aromatic carbocycles. The highest BCUT2D eigenvalue weighted by atomic mass is 32.2. The number of benzene rings is 10. The number of fused-ring (bicyclic) bond motifs is 10. The van der Waals surface area contributed by atoms with Crippen LogP contribution in [-0.2, 0) is 59.6 Å². The molecule has 5 atom stereocenters. The molecule has 0 bridgehead atoms. The van der Waals surface area contributed by atoms with Crippen molar-refractivity contribution < 1.29 is 51.6 Å². The number of aryl methyl sites for hydroxylation is 5. The number of anilines is 5. The van der Waals surface area contributed by atoms with Gasteiger partial charge in [-0.3, -0.25) is 26.3 Å². The van der Waals surface area contributed by atoms with E-state index >= 15 is 0 Å². The van der Waals surface area contributed by atoms with Crippen molar-refractivity contribution in [3.05, 3.63) is 296 Å². The number of sulfonamides is 5. The number of carbonyl (C=O) groups is 1. The van der Waals surface area contributed by atoms with Gasteiger partial charge in [-0.05, 0) is 252 Å². The normalized spacial score (nSPS) is 18.6. The molecule has 0 fully saturated rings. The largest absolute Gasteiger partial charge is 0.466 e. The summed E-state index contributed by atoms with van der Waals surface area (Å²) in [5.74, 6) is -0.180. The Balaban J connectivity index is 0.000000148. The monoisotopic (exact) mass is 1740 g/mol. The van der Waals surface area contributed by atoms with E-state index in [9.17, 15) is 46.9 Å². The summed E-state index contributed by atoms with van der Waals surface area (Å²) in [6, 6.07) is 66.0. The topological polar surface area (TPSA) is 273 Å². The molecule has 0 saturated heterocycles. The van der Waals surface area contributed by atoms with E-state index in [1.165, 1.54) is 27.9 Å². The summed E-state index contributed by atoms with van der Waals surface area (Å²) < 4.78 is 143. The second-order valence-corrected chi connectivity index (χ2v) is 41.2. The zero-order chi connectivity index (χ0) is 87.6. The first-order valence-corrected chi connectivity index (χ1v) is 48.5. The van der Waals surface area contributed by atoms with E-state index in [1.807, 2.05) is 224 Å². The van der Waals surface area contributed by atoms with Crippen molar-refractivity contribution in [2.45, 2.75) is 175 Å². The van der Waals surface area contributed by atoms with Crippen LogP contribution in [0.4, 0.5) is 28.4 Å². The predicted molar refractivity (Wildman–Crippen MR) is 487 cm³/mol. The third kappa shape index (κ3) is 19.5. The molecule has 0 amide bonds. The maximum atomic E-state index is 13.2. The molecule has 5 unspecified atom stereocenters. The summed E-state index contributed by atoms with van der Waals surface area (Å²) in [5.41, 5.74) is 17.1. The molecule has 121 heavy (non-hydrogen) atoms. The van der Waals surface area contributed by atoms with Crippen LogP contribution in [0, 0.1) is 34.6 Å². The van der Waals surface area contributed by atoms with Gasteiger partial charge < -0.3 is 31.3 Å².